The number of carboxylic acid groups (broad SMARTS) is 1. The molecule has 4 heteroatoms. The van der Waals surface area contributed by atoms with E-state index in [4.69, 9.17) is 5.11 Å². The molecule has 0 radical (unpaired) electrons. The first-order valence-electron chi connectivity index (χ1n) is 4.10. The Morgan fingerprint density at radius 3 is 3.00 bits per heavy atom. The van der Waals surface area contributed by atoms with E-state index in [9.17, 15) is 4.79 Å². The van der Waals surface area contributed by atoms with Crippen LogP contribution in [0.2, 0.25) is 0 Å². The van der Waals surface area contributed by atoms with Crippen LogP contribution in [0.15, 0.2) is 35.5 Å². The molecule has 0 amide bonds. The number of nitrogens with zero attached hydrogens (tertiary/aromatic N) is 1. The minimum Gasteiger partial charge on any atom is -0.481 e. The van der Waals surface area contributed by atoms with Crippen molar-refractivity contribution < 1.29 is 9.90 Å². The molecule has 0 aromatic carbocycles. The monoisotopic (exact) mass is 255 g/mol. The molecule has 0 bridgehead atoms. The molecule has 1 rings (SSSR count). The third-order valence-corrected chi connectivity index (χ3v) is 2.29. The number of hydrogen-bond donors (Lipinski definition) is 1. The second-order valence-corrected chi connectivity index (χ2v) is 3.73. The Labute approximate surface area is 90.6 Å². The number of hydrogen-bond acceptors (Lipinski definition) is 2. The van der Waals surface area contributed by atoms with Crippen LogP contribution in [0.4, 0.5) is 0 Å². The van der Waals surface area contributed by atoms with Crippen LogP contribution in [0.3, 0.4) is 0 Å². The molecule has 3 nitrogen and oxygen atoms in total. The van der Waals surface area contributed by atoms with Crippen molar-refractivity contribution in [3.63, 3.8) is 0 Å². The van der Waals surface area contributed by atoms with Crippen molar-refractivity contribution >= 4 is 21.9 Å². The van der Waals surface area contributed by atoms with Gasteiger partial charge in [0.25, 0.3) is 0 Å². The summed E-state index contributed by atoms with van der Waals surface area (Å²) in [4.78, 5) is 14.9. The molecule has 1 unspecified atom stereocenters. The van der Waals surface area contributed by atoms with Crippen LogP contribution in [-0.2, 0) is 4.79 Å². The zero-order valence-electron chi connectivity index (χ0n) is 7.48. The van der Waals surface area contributed by atoms with Gasteiger partial charge in [0.2, 0.25) is 0 Å². The first-order valence-corrected chi connectivity index (χ1v) is 4.89. The zero-order valence-corrected chi connectivity index (χ0v) is 9.07. The predicted molar refractivity (Wildman–Crippen MR) is 57.1 cm³/mol. The number of aliphatic carboxylic acids is 1. The van der Waals surface area contributed by atoms with Gasteiger partial charge in [-0.3, -0.25) is 9.78 Å². The summed E-state index contributed by atoms with van der Waals surface area (Å²) in [7, 11) is 0. The Kier molecular flexibility index (Phi) is 3.83. The minimum atomic E-state index is -0.879. The van der Waals surface area contributed by atoms with E-state index >= 15 is 0 Å². The van der Waals surface area contributed by atoms with Crippen molar-refractivity contribution in [2.24, 2.45) is 0 Å². The Morgan fingerprint density at radius 1 is 1.79 bits per heavy atom. The quantitative estimate of drug-likeness (QED) is 0.842. The molecule has 0 saturated carbocycles. The summed E-state index contributed by atoms with van der Waals surface area (Å²) in [6.45, 7) is 3.53. The number of carbonyl (C=O) groups is 1. The van der Waals surface area contributed by atoms with Crippen molar-refractivity contribution in [2.75, 3.05) is 0 Å². The molecule has 1 heterocycles. The molecule has 1 N–H and O–H groups in total. The molecule has 0 saturated heterocycles. The third kappa shape index (κ3) is 2.67. The molecule has 0 aliphatic carbocycles. The molecule has 1 atom stereocenters. The van der Waals surface area contributed by atoms with E-state index in [1.165, 1.54) is 0 Å². The Hall–Kier alpha value is -1.16. The van der Waals surface area contributed by atoms with Crippen LogP contribution in [0.25, 0.3) is 0 Å². The topological polar surface area (TPSA) is 50.2 Å². The summed E-state index contributed by atoms with van der Waals surface area (Å²) in [5.74, 6) is -1.49. The highest BCUT2D eigenvalue weighted by Gasteiger charge is 2.19. The van der Waals surface area contributed by atoms with Crippen molar-refractivity contribution in [3.05, 3.63) is 41.2 Å². The smallest absolute Gasteiger partial charge is 0.312 e. The lowest BCUT2D eigenvalue weighted by Gasteiger charge is -2.08. The molecular weight excluding hydrogens is 246 g/mol. The van der Waals surface area contributed by atoms with Gasteiger partial charge in [-0.05, 0) is 18.6 Å². The maximum atomic E-state index is 10.9. The number of aromatic nitrogens is 1. The van der Waals surface area contributed by atoms with Gasteiger partial charge in [-0.15, -0.1) is 6.58 Å². The fraction of sp³-hybridized carbons (Fsp3) is 0.200. The zero-order chi connectivity index (χ0) is 10.6. The summed E-state index contributed by atoms with van der Waals surface area (Å²) in [6.07, 6.45) is 3.55. The van der Waals surface area contributed by atoms with Gasteiger partial charge in [-0.25, -0.2) is 0 Å². The van der Waals surface area contributed by atoms with Gasteiger partial charge in [0.15, 0.2) is 0 Å². The van der Waals surface area contributed by atoms with E-state index in [1.54, 1.807) is 24.4 Å². The number of carboxylic acids is 1. The van der Waals surface area contributed by atoms with Crippen molar-refractivity contribution in [2.45, 2.75) is 12.3 Å². The van der Waals surface area contributed by atoms with Crippen molar-refractivity contribution in [1.82, 2.24) is 4.98 Å². The van der Waals surface area contributed by atoms with Crippen LogP contribution in [0, 0.1) is 0 Å². The lowest BCUT2D eigenvalue weighted by Crippen LogP contribution is -2.12. The first kappa shape index (κ1) is 10.9. The highest BCUT2D eigenvalue weighted by molar-refractivity contribution is 9.10. The van der Waals surface area contributed by atoms with Gasteiger partial charge in [-0.1, -0.05) is 22.0 Å². The van der Waals surface area contributed by atoms with E-state index in [-0.39, 0.29) is 0 Å². The van der Waals surface area contributed by atoms with Gasteiger partial charge in [0, 0.05) is 10.7 Å². The number of halogens is 1. The summed E-state index contributed by atoms with van der Waals surface area (Å²) in [5, 5.41) is 8.95. The molecule has 14 heavy (non-hydrogen) atoms. The first-order chi connectivity index (χ1) is 6.65. The molecular formula is C10H10BrNO2. The number of rotatable bonds is 4. The maximum absolute atomic E-state index is 10.9. The lowest BCUT2D eigenvalue weighted by atomic mass is 10.0. The number of allylic oxidation sites excluding steroid dienone is 1. The summed E-state index contributed by atoms with van der Waals surface area (Å²) >= 11 is 3.27. The van der Waals surface area contributed by atoms with Crippen LogP contribution in [0.1, 0.15) is 18.0 Å². The molecule has 0 aliphatic rings. The molecule has 74 valence electrons. The Morgan fingerprint density at radius 2 is 2.50 bits per heavy atom. The van der Waals surface area contributed by atoms with E-state index in [1.807, 2.05) is 0 Å². The van der Waals surface area contributed by atoms with Gasteiger partial charge >= 0.3 is 5.97 Å². The normalized spacial score (nSPS) is 12.1. The fourth-order valence-corrected chi connectivity index (χ4v) is 1.48. The highest BCUT2D eigenvalue weighted by atomic mass is 79.9. The fourth-order valence-electron chi connectivity index (χ4n) is 1.13. The molecule has 0 aliphatic heterocycles. The largest absolute Gasteiger partial charge is 0.481 e. The summed E-state index contributed by atoms with van der Waals surface area (Å²) < 4.78 is 0.831. The minimum absolute atomic E-state index is 0.388. The standard InChI is InChI=1S/C10H10BrNO2/c1-2-3-8(10(13)14)9-6-7(11)4-5-12-9/h2,4-6,8H,1,3H2,(H,13,14). The predicted octanol–water partition coefficient (Wildman–Crippen LogP) is 2.59. The summed E-state index contributed by atoms with van der Waals surface area (Å²) in [5.41, 5.74) is 0.548. The second-order valence-electron chi connectivity index (χ2n) is 2.81. The third-order valence-electron chi connectivity index (χ3n) is 1.80. The van der Waals surface area contributed by atoms with Gasteiger partial charge in [0.1, 0.15) is 5.92 Å². The summed E-state index contributed by atoms with van der Waals surface area (Å²) in [6, 6.07) is 3.47. The average molecular weight is 256 g/mol. The van der Waals surface area contributed by atoms with Crippen LogP contribution >= 0.6 is 15.9 Å². The van der Waals surface area contributed by atoms with Gasteiger partial charge < -0.3 is 5.11 Å². The van der Waals surface area contributed by atoms with Gasteiger partial charge in [-0.2, -0.15) is 0 Å². The highest BCUT2D eigenvalue weighted by Crippen LogP contribution is 2.21. The van der Waals surface area contributed by atoms with Crippen molar-refractivity contribution in [1.29, 1.82) is 0 Å². The van der Waals surface area contributed by atoms with E-state index in [0.717, 1.165) is 4.47 Å². The van der Waals surface area contributed by atoms with E-state index in [0.29, 0.717) is 12.1 Å². The molecule has 1 aromatic rings. The van der Waals surface area contributed by atoms with E-state index in [2.05, 4.69) is 27.5 Å². The maximum Gasteiger partial charge on any atom is 0.312 e. The lowest BCUT2D eigenvalue weighted by molar-refractivity contribution is -0.138. The van der Waals surface area contributed by atoms with Gasteiger partial charge in [0.05, 0.1) is 5.69 Å². The Bertz CT molecular complexity index is 352. The molecule has 1 aromatic heterocycles. The molecule has 0 fully saturated rings. The van der Waals surface area contributed by atoms with Crippen LogP contribution < -0.4 is 0 Å². The van der Waals surface area contributed by atoms with Crippen LogP contribution in [0.5, 0.6) is 0 Å². The van der Waals surface area contributed by atoms with Crippen LogP contribution in [-0.4, -0.2) is 16.1 Å². The van der Waals surface area contributed by atoms with Crippen molar-refractivity contribution in [3.8, 4) is 0 Å². The second kappa shape index (κ2) is 4.91. The van der Waals surface area contributed by atoms with E-state index < -0.39 is 11.9 Å². The Balaban J connectivity index is 2.98. The number of pyridine rings is 1. The average Bonchev–Trinajstić information content (AvgIpc) is 2.13. The SMILES string of the molecule is C=CCC(C(=O)O)c1cc(Br)ccn1. The molecule has 0 spiro atoms.